The van der Waals surface area contributed by atoms with Gasteiger partial charge in [0.15, 0.2) is 0 Å². The molecule has 9 atom stereocenters. The van der Waals surface area contributed by atoms with E-state index in [9.17, 15) is 13.6 Å². The maximum atomic E-state index is 14.2. The fourth-order valence-electron chi connectivity index (χ4n) is 9.51. The first-order chi connectivity index (χ1) is 17.3. The lowest BCUT2D eigenvalue weighted by Gasteiger charge is -2.61. The van der Waals surface area contributed by atoms with Gasteiger partial charge in [-0.1, -0.05) is 13.3 Å². The van der Waals surface area contributed by atoms with Crippen LogP contribution >= 0.6 is 0 Å². The Morgan fingerprint density at radius 2 is 1.89 bits per heavy atom. The predicted octanol–water partition coefficient (Wildman–Crippen LogP) is 7.39. The van der Waals surface area contributed by atoms with Gasteiger partial charge in [0.05, 0.1) is 5.56 Å². The summed E-state index contributed by atoms with van der Waals surface area (Å²) >= 11 is 0. The molecule has 0 aliphatic heterocycles. The molecule has 4 saturated carbocycles. The smallest absolute Gasteiger partial charge is 0.254 e. The van der Waals surface area contributed by atoms with E-state index in [1.54, 1.807) is 0 Å². The number of carbonyl (C=O) groups is 1. The van der Waals surface area contributed by atoms with Gasteiger partial charge in [-0.3, -0.25) is 4.79 Å². The van der Waals surface area contributed by atoms with Crippen molar-refractivity contribution in [3.8, 4) is 0 Å². The molecule has 1 aromatic carbocycles. The van der Waals surface area contributed by atoms with Gasteiger partial charge in [0.25, 0.3) is 5.91 Å². The molecule has 5 heteroatoms. The zero-order chi connectivity index (χ0) is 25.4. The van der Waals surface area contributed by atoms with E-state index in [2.05, 4.69) is 26.1 Å². The Hall–Kier alpha value is -1.49. The lowest BCUT2D eigenvalue weighted by atomic mass is 9.44. The zero-order valence-corrected chi connectivity index (χ0v) is 22.4. The van der Waals surface area contributed by atoms with Gasteiger partial charge in [-0.15, -0.1) is 0 Å². The van der Waals surface area contributed by atoms with Gasteiger partial charge in [-0.05, 0) is 131 Å². The monoisotopic (exact) mass is 501 g/mol. The molecular formula is C31H45F2NO2. The Morgan fingerprint density at radius 1 is 1.08 bits per heavy atom. The summed E-state index contributed by atoms with van der Waals surface area (Å²) in [6.45, 7) is 8.46. The van der Waals surface area contributed by atoms with E-state index < -0.39 is 17.5 Å². The third kappa shape index (κ3) is 4.86. The number of benzene rings is 1. The van der Waals surface area contributed by atoms with Crippen molar-refractivity contribution >= 4 is 5.91 Å². The highest BCUT2D eigenvalue weighted by Gasteiger charge is 2.56. The summed E-state index contributed by atoms with van der Waals surface area (Å²) in [6.07, 6.45) is 13.0. The Bertz CT molecular complexity index is 937. The van der Waals surface area contributed by atoms with Crippen LogP contribution in [0, 0.1) is 58.5 Å². The summed E-state index contributed by atoms with van der Waals surface area (Å²) in [5, 5.41) is 3.11. The fourth-order valence-corrected chi connectivity index (χ4v) is 9.51. The maximum Gasteiger partial charge on any atom is 0.254 e. The predicted molar refractivity (Wildman–Crippen MR) is 138 cm³/mol. The minimum atomic E-state index is -0.791. The standard InChI is InChI=1S/C31H45F2NO2/c1-4-36-18-20-8-11-23-21(16-20)9-12-25-24(23)14-15-31(3)27(6-5-7-28(25)31)19(2)34-30(35)26-13-10-22(32)17-29(26)33/h10,13,17,19-21,23-25,27-28H,4-9,11-12,14-16,18H2,1-3H3,(H,34,35)/t19-,20+,21?,23+,24?,25-,27-,28?,31-/m1/s1. The lowest BCUT2D eigenvalue weighted by molar-refractivity contribution is -0.117. The highest BCUT2D eigenvalue weighted by atomic mass is 19.1. The summed E-state index contributed by atoms with van der Waals surface area (Å²) in [5.41, 5.74) is 0.148. The Labute approximate surface area is 216 Å². The van der Waals surface area contributed by atoms with E-state index in [1.165, 1.54) is 63.9 Å². The number of hydrogen-bond donors (Lipinski definition) is 1. The van der Waals surface area contributed by atoms with E-state index in [0.29, 0.717) is 5.92 Å². The van der Waals surface area contributed by atoms with Crippen LogP contribution in [-0.4, -0.2) is 25.2 Å². The van der Waals surface area contributed by atoms with E-state index in [-0.39, 0.29) is 17.0 Å². The van der Waals surface area contributed by atoms with Crippen molar-refractivity contribution in [1.29, 1.82) is 0 Å². The van der Waals surface area contributed by atoms with Crippen molar-refractivity contribution in [3.05, 3.63) is 35.4 Å². The lowest BCUT2D eigenvalue weighted by Crippen LogP contribution is -2.56. The van der Waals surface area contributed by atoms with E-state index in [4.69, 9.17) is 4.74 Å². The average Bonchev–Trinajstić information content (AvgIpc) is 2.86. The van der Waals surface area contributed by atoms with Gasteiger partial charge in [-0.25, -0.2) is 8.78 Å². The first-order valence-corrected chi connectivity index (χ1v) is 14.7. The quantitative estimate of drug-likeness (QED) is 0.441. The van der Waals surface area contributed by atoms with Crippen LogP contribution in [0.2, 0.25) is 0 Å². The Morgan fingerprint density at radius 3 is 2.67 bits per heavy atom. The molecule has 200 valence electrons. The molecule has 5 rings (SSSR count). The van der Waals surface area contributed by atoms with Crippen LogP contribution in [0.4, 0.5) is 8.78 Å². The molecule has 0 heterocycles. The van der Waals surface area contributed by atoms with Gasteiger partial charge in [0.2, 0.25) is 0 Å². The van der Waals surface area contributed by atoms with E-state index in [1.807, 2.05) is 0 Å². The second kappa shape index (κ2) is 10.7. The van der Waals surface area contributed by atoms with Crippen molar-refractivity contribution in [2.45, 2.75) is 91.0 Å². The van der Waals surface area contributed by atoms with Crippen molar-refractivity contribution in [1.82, 2.24) is 5.32 Å². The molecule has 0 aromatic heterocycles. The topological polar surface area (TPSA) is 38.3 Å². The van der Waals surface area contributed by atoms with Gasteiger partial charge in [0, 0.05) is 25.3 Å². The van der Waals surface area contributed by atoms with Crippen LogP contribution in [-0.2, 0) is 4.74 Å². The van der Waals surface area contributed by atoms with Crippen LogP contribution in [0.1, 0.15) is 95.3 Å². The van der Waals surface area contributed by atoms with Crippen molar-refractivity contribution in [2.75, 3.05) is 13.2 Å². The number of amides is 1. The summed E-state index contributed by atoms with van der Waals surface area (Å²) in [6, 6.07) is 3.17. The van der Waals surface area contributed by atoms with Gasteiger partial charge >= 0.3 is 0 Å². The number of rotatable bonds is 6. The molecule has 4 fully saturated rings. The number of nitrogens with one attached hydrogen (secondary N) is 1. The minimum absolute atomic E-state index is 0.0309. The second-order valence-electron chi connectivity index (χ2n) is 12.7. The first kappa shape index (κ1) is 26.1. The van der Waals surface area contributed by atoms with Crippen LogP contribution in [0.3, 0.4) is 0 Å². The molecule has 0 spiro atoms. The van der Waals surface area contributed by atoms with Gasteiger partial charge in [-0.2, -0.15) is 0 Å². The molecule has 3 nitrogen and oxygen atoms in total. The highest BCUT2D eigenvalue weighted by Crippen LogP contribution is 2.63. The summed E-state index contributed by atoms with van der Waals surface area (Å²) in [5.74, 6) is 3.46. The molecule has 1 aromatic rings. The maximum absolute atomic E-state index is 14.2. The molecule has 0 bridgehead atoms. The third-order valence-electron chi connectivity index (χ3n) is 11.1. The number of fused-ring (bicyclic) bond motifs is 5. The zero-order valence-electron chi connectivity index (χ0n) is 22.4. The molecule has 0 saturated heterocycles. The molecule has 1 amide bonds. The van der Waals surface area contributed by atoms with Crippen molar-refractivity contribution in [3.63, 3.8) is 0 Å². The molecule has 0 radical (unpaired) electrons. The summed E-state index contributed by atoms with van der Waals surface area (Å²) in [4.78, 5) is 12.9. The number of halogens is 2. The van der Waals surface area contributed by atoms with Crippen molar-refractivity contribution < 1.29 is 18.3 Å². The number of hydrogen-bond acceptors (Lipinski definition) is 2. The first-order valence-electron chi connectivity index (χ1n) is 14.7. The molecule has 3 unspecified atom stereocenters. The fraction of sp³-hybridized carbons (Fsp3) is 0.774. The Balaban J connectivity index is 1.26. The van der Waals surface area contributed by atoms with Crippen LogP contribution in [0.5, 0.6) is 0 Å². The van der Waals surface area contributed by atoms with E-state index >= 15 is 0 Å². The van der Waals surface area contributed by atoms with Crippen molar-refractivity contribution in [2.24, 2.45) is 46.8 Å². The summed E-state index contributed by atoms with van der Waals surface area (Å²) in [7, 11) is 0. The Kier molecular flexibility index (Phi) is 7.77. The number of carbonyl (C=O) groups excluding carboxylic acids is 1. The van der Waals surface area contributed by atoms with E-state index in [0.717, 1.165) is 67.3 Å². The van der Waals surface area contributed by atoms with Crippen LogP contribution < -0.4 is 5.32 Å². The molecule has 1 N–H and O–H groups in total. The minimum Gasteiger partial charge on any atom is -0.381 e. The van der Waals surface area contributed by atoms with Crippen LogP contribution in [0.15, 0.2) is 18.2 Å². The highest BCUT2D eigenvalue weighted by molar-refractivity contribution is 5.94. The molecular weight excluding hydrogens is 456 g/mol. The summed E-state index contributed by atoms with van der Waals surface area (Å²) < 4.78 is 33.3. The average molecular weight is 502 g/mol. The normalized spacial score (nSPS) is 38.9. The number of ether oxygens (including phenoxy) is 1. The third-order valence-corrected chi connectivity index (χ3v) is 11.1. The SMILES string of the molecule is CCOC[C@H]1CC[C@H]2C(CC[C@@H]3C2CC[C@@]2(C)C3CCC[C@@H]2[C@@H](C)NC(=O)c2ccc(F)cc2F)C1. The van der Waals surface area contributed by atoms with Crippen LogP contribution in [0.25, 0.3) is 0 Å². The van der Waals surface area contributed by atoms with Gasteiger partial charge < -0.3 is 10.1 Å². The largest absolute Gasteiger partial charge is 0.381 e. The molecule has 4 aliphatic carbocycles. The molecule has 36 heavy (non-hydrogen) atoms. The van der Waals surface area contributed by atoms with Gasteiger partial charge in [0.1, 0.15) is 11.6 Å². The second-order valence-corrected chi connectivity index (χ2v) is 12.7. The molecule has 4 aliphatic rings.